The second kappa shape index (κ2) is 6.06. The minimum atomic E-state index is -0.135. The Morgan fingerprint density at radius 2 is 1.80 bits per heavy atom. The van der Waals surface area contributed by atoms with Crippen LogP contribution in [0.15, 0.2) is 12.1 Å². The van der Waals surface area contributed by atoms with E-state index in [-0.39, 0.29) is 5.91 Å². The Hall–Kier alpha value is -1.51. The van der Waals surface area contributed by atoms with E-state index in [1.54, 1.807) is 13.1 Å². The lowest BCUT2D eigenvalue weighted by atomic mass is 10.0. The maximum atomic E-state index is 11.3. The van der Waals surface area contributed by atoms with Gasteiger partial charge in [0.2, 0.25) is 0 Å². The quantitative estimate of drug-likeness (QED) is 0.696. The van der Waals surface area contributed by atoms with E-state index in [0.29, 0.717) is 11.3 Å². The number of nitrogens with one attached hydrogen (secondary N) is 1. The van der Waals surface area contributed by atoms with E-state index < -0.39 is 0 Å². The third kappa shape index (κ3) is 3.27. The molecule has 1 aromatic rings. The molecule has 0 heterocycles. The zero-order valence-corrected chi connectivity index (χ0v) is 10.1. The van der Waals surface area contributed by atoms with Gasteiger partial charge in [0.05, 0.1) is 5.56 Å². The minimum Gasteiger partial charge on any atom is -0.398 e. The minimum absolute atomic E-state index is 0.135. The molecule has 0 fully saturated rings. The molecule has 1 rings (SSSR count). The molecule has 1 aromatic carbocycles. The first-order chi connectivity index (χ1) is 7.06. The summed E-state index contributed by atoms with van der Waals surface area (Å²) in [6, 6.07) is 3.75. The highest BCUT2D eigenvalue weighted by Gasteiger charge is 2.09. The summed E-state index contributed by atoms with van der Waals surface area (Å²) in [5, 5.41) is 2.56. The molecular weight excluding hydrogens is 188 g/mol. The van der Waals surface area contributed by atoms with Crippen molar-refractivity contribution in [3.05, 3.63) is 28.8 Å². The maximum Gasteiger partial charge on any atom is 0.253 e. The van der Waals surface area contributed by atoms with Gasteiger partial charge in [-0.15, -0.1) is 0 Å². The molecule has 0 saturated carbocycles. The van der Waals surface area contributed by atoms with Crippen molar-refractivity contribution in [2.45, 2.75) is 27.7 Å². The Kier molecular flexibility index (Phi) is 5.45. The van der Waals surface area contributed by atoms with Crippen LogP contribution in [0.4, 0.5) is 5.69 Å². The third-order valence-electron chi connectivity index (χ3n) is 2.00. The van der Waals surface area contributed by atoms with Gasteiger partial charge in [-0.05, 0) is 31.0 Å². The molecule has 0 unspecified atom stereocenters. The lowest BCUT2D eigenvalue weighted by molar-refractivity contribution is 0.0964. The summed E-state index contributed by atoms with van der Waals surface area (Å²) in [6.07, 6.45) is 0. The smallest absolute Gasteiger partial charge is 0.253 e. The highest BCUT2D eigenvalue weighted by Crippen LogP contribution is 2.18. The van der Waals surface area contributed by atoms with Gasteiger partial charge in [0.25, 0.3) is 5.91 Å². The second-order valence-corrected chi connectivity index (χ2v) is 3.12. The molecule has 3 nitrogen and oxygen atoms in total. The van der Waals surface area contributed by atoms with Crippen molar-refractivity contribution >= 4 is 11.6 Å². The van der Waals surface area contributed by atoms with E-state index in [0.717, 1.165) is 11.1 Å². The fraction of sp³-hybridized carbons (Fsp3) is 0.417. The normalized spacial score (nSPS) is 8.87. The van der Waals surface area contributed by atoms with Crippen LogP contribution in [-0.2, 0) is 0 Å². The fourth-order valence-electron chi connectivity index (χ4n) is 1.30. The van der Waals surface area contributed by atoms with Gasteiger partial charge in [-0.1, -0.05) is 19.9 Å². The summed E-state index contributed by atoms with van der Waals surface area (Å²) in [7, 11) is 1.60. The van der Waals surface area contributed by atoms with E-state index in [2.05, 4.69) is 5.32 Å². The van der Waals surface area contributed by atoms with Crippen LogP contribution >= 0.6 is 0 Å². The van der Waals surface area contributed by atoms with Gasteiger partial charge >= 0.3 is 0 Å². The molecule has 0 aliphatic carbocycles. The van der Waals surface area contributed by atoms with Crippen LogP contribution in [0, 0.1) is 13.8 Å². The van der Waals surface area contributed by atoms with Crippen molar-refractivity contribution in [2.24, 2.45) is 0 Å². The topological polar surface area (TPSA) is 55.1 Å². The van der Waals surface area contributed by atoms with Crippen LogP contribution in [0.5, 0.6) is 0 Å². The number of carbonyl (C=O) groups excluding carboxylic acids is 1. The van der Waals surface area contributed by atoms with Gasteiger partial charge < -0.3 is 11.1 Å². The molecule has 0 aromatic heterocycles. The summed E-state index contributed by atoms with van der Waals surface area (Å²) < 4.78 is 0. The number of anilines is 1. The van der Waals surface area contributed by atoms with Crippen LogP contribution in [0.3, 0.4) is 0 Å². The Morgan fingerprint density at radius 3 is 2.27 bits per heavy atom. The first-order valence-corrected chi connectivity index (χ1v) is 5.15. The molecule has 0 radical (unpaired) electrons. The second-order valence-electron chi connectivity index (χ2n) is 3.12. The summed E-state index contributed by atoms with van der Waals surface area (Å²) in [4.78, 5) is 11.3. The van der Waals surface area contributed by atoms with Crippen LogP contribution in [0.25, 0.3) is 0 Å². The van der Waals surface area contributed by atoms with E-state index >= 15 is 0 Å². The highest BCUT2D eigenvalue weighted by molar-refractivity contribution is 5.99. The zero-order chi connectivity index (χ0) is 12.0. The predicted octanol–water partition coefficient (Wildman–Crippen LogP) is 2.27. The summed E-state index contributed by atoms with van der Waals surface area (Å²) in [5.74, 6) is -0.135. The summed E-state index contributed by atoms with van der Waals surface area (Å²) >= 11 is 0. The van der Waals surface area contributed by atoms with Gasteiger partial charge in [0.15, 0.2) is 0 Å². The average molecular weight is 208 g/mol. The number of carbonyl (C=O) groups is 1. The Balaban J connectivity index is 0.000000921. The van der Waals surface area contributed by atoms with Gasteiger partial charge in [-0.25, -0.2) is 0 Å². The number of hydrogen-bond donors (Lipinski definition) is 2. The molecule has 0 aliphatic heterocycles. The molecule has 0 saturated heterocycles. The molecule has 3 heteroatoms. The van der Waals surface area contributed by atoms with Crippen molar-refractivity contribution < 1.29 is 4.79 Å². The maximum absolute atomic E-state index is 11.3. The average Bonchev–Trinajstić information content (AvgIpc) is 2.25. The Morgan fingerprint density at radius 1 is 1.27 bits per heavy atom. The molecule has 0 bridgehead atoms. The van der Waals surface area contributed by atoms with Crippen LogP contribution in [0.1, 0.15) is 35.3 Å². The molecule has 0 aliphatic rings. The molecule has 0 spiro atoms. The van der Waals surface area contributed by atoms with Gasteiger partial charge in [-0.2, -0.15) is 0 Å². The molecule has 1 amide bonds. The van der Waals surface area contributed by atoms with Crippen LogP contribution in [-0.4, -0.2) is 13.0 Å². The molecule has 0 atom stereocenters. The largest absolute Gasteiger partial charge is 0.398 e. The number of nitrogens with two attached hydrogens (primary N) is 1. The summed E-state index contributed by atoms with van der Waals surface area (Å²) in [6.45, 7) is 7.84. The predicted molar refractivity (Wildman–Crippen MR) is 65.1 cm³/mol. The molecule has 3 N–H and O–H groups in total. The molecule has 15 heavy (non-hydrogen) atoms. The standard InChI is InChI=1S/C10H14N2O.C2H6/c1-6-4-7(2)9(11)8(5-6)10(13)12-3;1-2/h4-5H,11H2,1-3H3,(H,12,13);1-2H3. The zero-order valence-electron chi connectivity index (χ0n) is 10.1. The highest BCUT2D eigenvalue weighted by atomic mass is 16.1. The lowest BCUT2D eigenvalue weighted by Gasteiger charge is -2.08. The van der Waals surface area contributed by atoms with Gasteiger partial charge in [-0.3, -0.25) is 4.79 Å². The molecular formula is C12H20N2O. The number of rotatable bonds is 1. The summed E-state index contributed by atoms with van der Waals surface area (Å²) in [5.41, 5.74) is 8.87. The van der Waals surface area contributed by atoms with Crippen molar-refractivity contribution in [3.63, 3.8) is 0 Å². The van der Waals surface area contributed by atoms with Crippen molar-refractivity contribution in [1.82, 2.24) is 5.32 Å². The number of aryl methyl sites for hydroxylation is 2. The lowest BCUT2D eigenvalue weighted by Crippen LogP contribution is -2.19. The number of amides is 1. The van der Waals surface area contributed by atoms with Crippen molar-refractivity contribution in [1.29, 1.82) is 0 Å². The third-order valence-corrected chi connectivity index (χ3v) is 2.00. The van der Waals surface area contributed by atoms with E-state index in [4.69, 9.17) is 5.73 Å². The van der Waals surface area contributed by atoms with Gasteiger partial charge in [0, 0.05) is 12.7 Å². The SMILES string of the molecule is CC.CNC(=O)c1cc(C)cc(C)c1N. The van der Waals surface area contributed by atoms with E-state index in [9.17, 15) is 4.79 Å². The van der Waals surface area contributed by atoms with Crippen molar-refractivity contribution in [3.8, 4) is 0 Å². The monoisotopic (exact) mass is 208 g/mol. The van der Waals surface area contributed by atoms with Crippen LogP contribution in [0.2, 0.25) is 0 Å². The first kappa shape index (κ1) is 13.5. The number of benzene rings is 1. The molecule has 84 valence electrons. The Bertz CT molecular complexity index is 346. The number of hydrogen-bond acceptors (Lipinski definition) is 2. The van der Waals surface area contributed by atoms with Crippen molar-refractivity contribution in [2.75, 3.05) is 12.8 Å². The van der Waals surface area contributed by atoms with E-state index in [1.165, 1.54) is 0 Å². The number of nitrogen functional groups attached to an aromatic ring is 1. The van der Waals surface area contributed by atoms with Gasteiger partial charge in [0.1, 0.15) is 0 Å². The van der Waals surface area contributed by atoms with E-state index in [1.807, 2.05) is 33.8 Å². The van der Waals surface area contributed by atoms with Crippen LogP contribution < -0.4 is 11.1 Å². The Labute approximate surface area is 91.7 Å². The fourth-order valence-corrected chi connectivity index (χ4v) is 1.30. The first-order valence-electron chi connectivity index (χ1n) is 5.15.